The van der Waals surface area contributed by atoms with Crippen LogP contribution in [0, 0.1) is 130 Å². The van der Waals surface area contributed by atoms with Gasteiger partial charge < -0.3 is 28.8 Å². The van der Waals surface area contributed by atoms with Crippen LogP contribution in [0.2, 0.25) is 0 Å². The number of benzene rings is 12. The van der Waals surface area contributed by atoms with Crippen LogP contribution in [0.25, 0.3) is 156 Å². The summed E-state index contributed by atoms with van der Waals surface area (Å²) in [6.45, 7) is -18.8. The summed E-state index contributed by atoms with van der Waals surface area (Å²) in [5, 5.41) is 0.994. The summed E-state index contributed by atoms with van der Waals surface area (Å²) in [4.78, 5) is 17.4. The van der Waals surface area contributed by atoms with Crippen LogP contribution in [-0.2, 0) is 59.3 Å². The minimum absolute atomic E-state index is 0. The smallest absolute Gasteiger partial charge is 0.123 e. The predicted octanol–water partition coefficient (Wildman–Crippen LogP) is 32.8. The standard InChI is InChI=1S/2C39H38NO.C23H24N.C19H16N.2Ir/c2*1-23-16-26(4)37-35(17-23)30-10-9-11-31(38(30)41-37)36-20-34(27(5)22-40-36)33-19-24(2)32(18-25(33)3)29-14-12-28(13-15-29)21-39(6,7)8;1-17-10-12-20(14-21(17)19-8-6-5-7-9-19)22-13-11-18(16-24-22)15-23(2,3)4;1-14-8-11-19(20-13-14)17-10-9-15(2)18(12-17)16-6-4-3-5-7-16;;/h2*9-10,12-20,22H,21H2,1-8H3;5-11,13-14,16H,15H2,1-4H3;3-9,11-13H,1-2H3;;/q4*-1;;/i2*1D3,2D3,3D3,4D3,5D3,21D2;1D3,15D2;1D3,2D3;;. The van der Waals surface area contributed by atoms with Crippen molar-refractivity contribution < 1.29 is 111 Å². The molecule has 0 amide bonds. The van der Waals surface area contributed by atoms with Gasteiger partial charge in [-0.2, -0.15) is 0 Å². The molecule has 18 aromatic rings. The molecule has 0 aliphatic heterocycles. The third-order valence-corrected chi connectivity index (χ3v) is 20.4. The average Bonchev–Trinajstić information content (AvgIpc) is 1.64. The quantitative estimate of drug-likeness (QED) is 0.107. The van der Waals surface area contributed by atoms with Crippen LogP contribution in [-0.4, -0.2) is 19.9 Å². The molecule has 8 heteroatoms. The molecule has 0 bridgehead atoms. The summed E-state index contributed by atoms with van der Waals surface area (Å²) < 4.78 is 382. The van der Waals surface area contributed by atoms with E-state index < -0.39 is 124 Å². The van der Waals surface area contributed by atoms with E-state index in [0.717, 1.165) is 47.8 Å². The first kappa shape index (κ1) is 51.4. The van der Waals surface area contributed by atoms with E-state index in [1.807, 2.05) is 81.4 Å². The fourth-order valence-electron chi connectivity index (χ4n) is 14.8. The zero-order valence-corrected chi connectivity index (χ0v) is 76.0. The zero-order valence-electron chi connectivity index (χ0n) is 116. The molecule has 2 radical (unpaired) electrons. The van der Waals surface area contributed by atoms with Crippen molar-refractivity contribution in [2.24, 2.45) is 16.2 Å². The van der Waals surface area contributed by atoms with Crippen molar-refractivity contribution in [1.82, 2.24) is 19.9 Å². The molecule has 18 rings (SSSR count). The second kappa shape index (κ2) is 39.4. The van der Waals surface area contributed by atoms with E-state index in [0.29, 0.717) is 72.2 Å². The minimum Gasteiger partial charge on any atom is -0.500 e. The van der Waals surface area contributed by atoms with Crippen LogP contribution in [0.4, 0.5) is 0 Å². The van der Waals surface area contributed by atoms with Crippen LogP contribution >= 0.6 is 0 Å². The summed E-state index contributed by atoms with van der Waals surface area (Å²) in [7, 11) is 0. The van der Waals surface area contributed by atoms with Crippen LogP contribution in [0.1, 0.15) is 213 Å². The molecule has 0 saturated carbocycles. The van der Waals surface area contributed by atoms with Gasteiger partial charge in [-0.25, -0.2) is 0 Å². The minimum atomic E-state index is -2.91. The molecule has 6 nitrogen and oxygen atoms in total. The van der Waals surface area contributed by atoms with E-state index in [-0.39, 0.29) is 202 Å². The van der Waals surface area contributed by atoms with Crippen LogP contribution in [0.3, 0.4) is 0 Å². The summed E-state index contributed by atoms with van der Waals surface area (Å²) in [6, 6.07) is 73.9. The molecule has 128 heavy (non-hydrogen) atoms. The first-order valence-corrected chi connectivity index (χ1v) is 40.3. The van der Waals surface area contributed by atoms with Gasteiger partial charge in [0.15, 0.2) is 0 Å². The number of hydrogen-bond acceptors (Lipinski definition) is 6. The van der Waals surface area contributed by atoms with E-state index in [9.17, 15) is 0 Å². The van der Waals surface area contributed by atoms with Gasteiger partial charge in [-0.1, -0.05) is 302 Å². The van der Waals surface area contributed by atoms with Gasteiger partial charge in [0.2, 0.25) is 0 Å². The Balaban J connectivity index is 0.000000198. The number of rotatable bonds is 13. The van der Waals surface area contributed by atoms with Gasteiger partial charge in [0.25, 0.3) is 0 Å². The third-order valence-electron chi connectivity index (χ3n) is 20.4. The van der Waals surface area contributed by atoms with Gasteiger partial charge in [-0.15, -0.1) is 95.1 Å². The van der Waals surface area contributed by atoms with Gasteiger partial charge in [0, 0.05) is 137 Å². The van der Waals surface area contributed by atoms with E-state index in [2.05, 4.69) is 44.2 Å². The van der Waals surface area contributed by atoms with Crippen molar-refractivity contribution in [3.05, 3.63) is 381 Å². The monoisotopic (exact) mass is 2080 g/mol. The Morgan fingerprint density at radius 2 is 0.625 bits per heavy atom. The second-order valence-corrected chi connectivity index (χ2v) is 33.5. The SMILES string of the molecule is [2H]C([2H])([2H])c1c[c-]c(-c2ccc(C([2H])([2H])C(C)(C)C)cn2)cc1-c1ccccc1.[2H]C([2H])([2H])c1cc(C([2H])([2H])[2H])c2oc3c(-c4cc(-c5cc(C([2H])([2H])[2H])c(-c6ccc(C([2H])([2H])C(C)(C)C)cc6)cc5C([2H])([2H])[2H])c(C([2H])([2H])[2H])cn4)[c-]ccc3c2c1.[2H]C([2H])([2H])c1cc(C([2H])([2H])[2H])c2oc3c(-c4cc(-c5cc(C([2H])([2H])[2H])c(-c6ccc(C([2H])([2H])C(C)(C)C)cc6)cc5C([2H])([2H])[2H])c(C([2H])([2H])[2H])cn4)[c-]ccc3c2c1.[2H]C([2H])([2H])c1ccc(-c2[c-]cc(C([2H])([2H])[2H])c(-c3ccccc3)c2)nc1.[Ir].[Ir]. The second-order valence-electron chi connectivity index (χ2n) is 33.5. The number of hydrogen-bond donors (Lipinski definition) is 0. The zero-order chi connectivity index (χ0) is 127. The van der Waals surface area contributed by atoms with Crippen molar-refractivity contribution >= 4 is 43.9 Å². The van der Waals surface area contributed by atoms with Gasteiger partial charge in [0.05, 0.1) is 11.2 Å². The van der Waals surface area contributed by atoms with Crippen molar-refractivity contribution in [1.29, 1.82) is 0 Å². The average molecular weight is 2080 g/mol. The molecule has 0 fully saturated rings. The van der Waals surface area contributed by atoms with E-state index in [1.165, 1.54) is 121 Å². The van der Waals surface area contributed by atoms with Crippen LogP contribution in [0.15, 0.2) is 276 Å². The van der Waals surface area contributed by atoms with Crippen LogP contribution in [0.5, 0.6) is 0 Å². The molecular weight excluding hydrogens is 1910 g/mol. The van der Waals surface area contributed by atoms with Gasteiger partial charge in [-0.05, 0) is 268 Å². The third kappa shape index (κ3) is 21.8. The number of pyridine rings is 4. The topological polar surface area (TPSA) is 77.8 Å². The molecular formula is C120H116Ir2N4O2-4. The Bertz CT molecular complexity index is 8590. The number of furan rings is 2. The summed E-state index contributed by atoms with van der Waals surface area (Å²) in [6.07, 6.45) is -0.130. The molecule has 6 heterocycles. The molecule has 12 aromatic carbocycles. The first-order chi connectivity index (χ1) is 78.2. The first-order valence-electron chi connectivity index (χ1n) is 62.8. The maximum absolute atomic E-state index is 8.66. The van der Waals surface area contributed by atoms with Gasteiger partial charge >= 0.3 is 0 Å². The molecule has 0 atom stereocenters. The predicted molar refractivity (Wildman–Crippen MR) is 532 cm³/mol. The molecule has 0 unspecified atom stereocenters. The number of fused-ring (bicyclic) bond motifs is 6. The molecule has 650 valence electrons. The maximum Gasteiger partial charge on any atom is 0.123 e. The fraction of sp³-hybridized carbons (Fsp3) is 0.233. The number of aromatic nitrogens is 4. The Morgan fingerprint density at radius 1 is 0.273 bits per heavy atom. The van der Waals surface area contributed by atoms with Crippen molar-refractivity contribution in [2.45, 2.75) is 171 Å². The van der Waals surface area contributed by atoms with E-state index >= 15 is 0 Å². The van der Waals surface area contributed by atoms with Crippen molar-refractivity contribution in [3.63, 3.8) is 0 Å². The molecule has 0 N–H and O–H groups in total. The van der Waals surface area contributed by atoms with Crippen LogP contribution < -0.4 is 0 Å². The number of nitrogens with zero attached hydrogens (tertiary/aromatic N) is 4. The molecule has 0 aliphatic carbocycles. The van der Waals surface area contributed by atoms with E-state index in [4.69, 9.17) is 70.5 Å². The molecule has 0 saturated heterocycles. The Morgan fingerprint density at radius 3 is 1.00 bits per heavy atom. The fourth-order valence-corrected chi connectivity index (χ4v) is 14.8. The summed E-state index contributed by atoms with van der Waals surface area (Å²) in [5.74, 6) is 0. The van der Waals surface area contributed by atoms with E-state index in [1.54, 1.807) is 90.2 Å². The van der Waals surface area contributed by atoms with Crippen molar-refractivity contribution in [2.75, 3.05) is 0 Å². The Hall–Kier alpha value is -11.9. The molecule has 6 aromatic heterocycles. The molecule has 0 spiro atoms. The Kier molecular flexibility index (Phi) is 15.8. The summed E-state index contributed by atoms with van der Waals surface area (Å²) in [5.41, 5.74) is 1.71. The number of aryl methyl sites for hydroxylation is 13. The molecule has 0 aliphatic rings. The van der Waals surface area contributed by atoms with Gasteiger partial charge in [0.1, 0.15) is 11.2 Å². The maximum atomic E-state index is 8.66. The van der Waals surface area contributed by atoms with Gasteiger partial charge in [-0.3, -0.25) is 0 Å². The normalized spacial score (nSPS) is 18.3. The Labute approximate surface area is 850 Å². The summed E-state index contributed by atoms with van der Waals surface area (Å²) >= 11 is 0. The van der Waals surface area contributed by atoms with Crippen molar-refractivity contribution in [3.8, 4) is 112 Å². The largest absolute Gasteiger partial charge is 0.500 e.